The number of hydrogen-bond donors (Lipinski definition) is 4. The van der Waals surface area contributed by atoms with Crippen molar-refractivity contribution in [1.29, 1.82) is 0 Å². The average Bonchev–Trinajstić information content (AvgIpc) is 3.33. The molecular weight excluding hydrogens is 903 g/mol. The summed E-state index contributed by atoms with van der Waals surface area (Å²) in [5.41, 5.74) is 1.19. The van der Waals surface area contributed by atoms with Gasteiger partial charge in [0.05, 0.1) is 50.8 Å². The van der Waals surface area contributed by atoms with Crippen molar-refractivity contribution in [2.45, 2.75) is 180 Å². The van der Waals surface area contributed by atoms with Gasteiger partial charge in [-0.25, -0.2) is 4.79 Å². The van der Waals surface area contributed by atoms with Crippen molar-refractivity contribution in [1.82, 2.24) is 4.90 Å². The van der Waals surface area contributed by atoms with Crippen LogP contribution in [0.1, 0.15) is 126 Å². The van der Waals surface area contributed by atoms with Gasteiger partial charge in [0.2, 0.25) is 5.79 Å². The van der Waals surface area contributed by atoms with Crippen molar-refractivity contribution in [3.63, 3.8) is 0 Å². The van der Waals surface area contributed by atoms with Crippen LogP contribution in [-0.2, 0) is 52.4 Å². The Morgan fingerprint density at radius 1 is 0.857 bits per heavy atom. The molecule has 0 spiro atoms. The van der Waals surface area contributed by atoms with E-state index in [1.165, 1.54) is 12.0 Å². The molecule has 0 radical (unpaired) electrons. The molecule has 3 fully saturated rings. The third kappa shape index (κ3) is 16.5. The van der Waals surface area contributed by atoms with Crippen LogP contribution in [0.5, 0.6) is 0 Å². The molecule has 0 aromatic carbocycles. The van der Waals surface area contributed by atoms with Crippen LogP contribution in [0, 0.1) is 35.5 Å². The molecule has 4 N–H and O–H groups in total. The van der Waals surface area contributed by atoms with Gasteiger partial charge < -0.3 is 53.7 Å². The summed E-state index contributed by atoms with van der Waals surface area (Å²) in [6.07, 6.45) is 10.5. The molecule has 1 saturated carbocycles. The molecule has 1 aliphatic carbocycles. The molecular formula is C54H85NO15. The van der Waals surface area contributed by atoms with Gasteiger partial charge in [0.15, 0.2) is 5.78 Å². The predicted molar refractivity (Wildman–Crippen MR) is 262 cm³/mol. The van der Waals surface area contributed by atoms with Gasteiger partial charge in [-0.05, 0) is 107 Å². The maximum atomic E-state index is 14.5. The number of ketones is 3. The van der Waals surface area contributed by atoms with Crippen LogP contribution >= 0.6 is 0 Å². The average molecular weight is 988 g/mol. The topological polar surface area (TPSA) is 225 Å². The summed E-state index contributed by atoms with van der Waals surface area (Å²) in [6, 6.07) is -1.17. The molecule has 16 heteroatoms. The minimum Gasteiger partial charge on any atom is -0.460 e. The number of methoxy groups -OCH3 is 2. The van der Waals surface area contributed by atoms with Crippen LogP contribution in [0.15, 0.2) is 47.6 Å². The highest BCUT2D eigenvalue weighted by Gasteiger charge is 2.53. The lowest BCUT2D eigenvalue weighted by Gasteiger charge is -2.43. The van der Waals surface area contributed by atoms with Gasteiger partial charge in [-0.1, -0.05) is 71.1 Å². The standard InChI is InChI=1S/C54H85NO15/c1-33-15-11-10-12-16-34(2)45(68-26-25-67-24-23-56)31-41-20-18-39(7)54(64,70-41)51(61)52(62)55-22-14-13-17-42(55)53(63)69-46(36(4)29-40-19-21-43(57)47(30-40)65-8)32-44(58)35(3)28-38(6)49(60)50(66-9)48(59)37(5)27-33/h10-12,15-16,28,33,35-37,39-43,45-47,49-50,56-57,60,64H,13-14,17-27,29-32H2,1-9H3/t33-,35-,36-,37-,39-,40+,41+,42+,43-,45+,46+,47-,49-,50+,54-/m1/s1. The Hall–Kier alpha value is -3.45. The summed E-state index contributed by atoms with van der Waals surface area (Å²) >= 11 is 0. The van der Waals surface area contributed by atoms with E-state index in [-0.39, 0.29) is 87.7 Å². The predicted octanol–water partition coefficient (Wildman–Crippen LogP) is 5.56. The van der Waals surface area contributed by atoms with E-state index in [0.29, 0.717) is 63.4 Å². The number of aliphatic hydroxyl groups is 4. The van der Waals surface area contributed by atoms with Crippen molar-refractivity contribution in [3.8, 4) is 0 Å². The second kappa shape index (κ2) is 28.7. The monoisotopic (exact) mass is 988 g/mol. The van der Waals surface area contributed by atoms with E-state index < -0.39 is 83.9 Å². The molecule has 2 bridgehead atoms. The number of allylic oxidation sites excluding steroid dienone is 6. The van der Waals surface area contributed by atoms with Crippen LogP contribution in [0.2, 0.25) is 0 Å². The summed E-state index contributed by atoms with van der Waals surface area (Å²) in [7, 11) is 2.93. The molecule has 2 saturated heterocycles. The molecule has 70 heavy (non-hydrogen) atoms. The number of esters is 1. The number of aliphatic hydroxyl groups excluding tert-OH is 3. The zero-order chi connectivity index (χ0) is 51.7. The van der Waals surface area contributed by atoms with E-state index in [0.717, 1.165) is 5.57 Å². The number of hydrogen-bond acceptors (Lipinski definition) is 15. The molecule has 4 rings (SSSR count). The Kier molecular flexibility index (Phi) is 24.2. The first-order chi connectivity index (χ1) is 33.2. The molecule has 16 nitrogen and oxygen atoms in total. The van der Waals surface area contributed by atoms with E-state index in [1.54, 1.807) is 40.9 Å². The number of fused-ring (bicyclic) bond motifs is 3. The number of amides is 1. The van der Waals surface area contributed by atoms with Crippen LogP contribution in [0.3, 0.4) is 0 Å². The van der Waals surface area contributed by atoms with Gasteiger partial charge in [0.25, 0.3) is 11.7 Å². The van der Waals surface area contributed by atoms with E-state index >= 15 is 0 Å². The summed E-state index contributed by atoms with van der Waals surface area (Å²) in [6.45, 7) is 13.1. The largest absolute Gasteiger partial charge is 0.460 e. The summed E-state index contributed by atoms with van der Waals surface area (Å²) in [5, 5.41) is 43.3. The van der Waals surface area contributed by atoms with Gasteiger partial charge in [-0.2, -0.15) is 0 Å². The molecule has 15 atom stereocenters. The van der Waals surface area contributed by atoms with Crippen LogP contribution in [-0.4, -0.2) is 156 Å². The Morgan fingerprint density at radius 3 is 2.30 bits per heavy atom. The maximum absolute atomic E-state index is 14.5. The Bertz CT molecular complexity index is 1850. The third-order valence-electron chi connectivity index (χ3n) is 15.0. The lowest BCUT2D eigenvalue weighted by atomic mass is 9.78. The van der Waals surface area contributed by atoms with E-state index in [4.69, 9.17) is 28.4 Å². The fourth-order valence-corrected chi connectivity index (χ4v) is 10.4. The summed E-state index contributed by atoms with van der Waals surface area (Å²) in [4.78, 5) is 72.3. The minimum absolute atomic E-state index is 0.0147. The number of nitrogens with zero attached hydrogens (tertiary/aromatic N) is 1. The summed E-state index contributed by atoms with van der Waals surface area (Å²) < 4.78 is 35.3. The van der Waals surface area contributed by atoms with Gasteiger partial charge in [-0.15, -0.1) is 0 Å². The molecule has 0 aromatic heterocycles. The lowest BCUT2D eigenvalue weighted by Crippen LogP contribution is -2.61. The van der Waals surface area contributed by atoms with Gasteiger partial charge in [0, 0.05) is 51.4 Å². The van der Waals surface area contributed by atoms with Crippen molar-refractivity contribution in [2.24, 2.45) is 35.5 Å². The van der Waals surface area contributed by atoms with E-state index in [9.17, 15) is 44.4 Å². The zero-order valence-electron chi connectivity index (χ0n) is 43.3. The van der Waals surface area contributed by atoms with Crippen molar-refractivity contribution < 1.29 is 72.8 Å². The maximum Gasteiger partial charge on any atom is 0.329 e. The van der Waals surface area contributed by atoms with Crippen LogP contribution in [0.25, 0.3) is 0 Å². The molecule has 3 aliphatic heterocycles. The van der Waals surface area contributed by atoms with Crippen LogP contribution in [0.4, 0.5) is 0 Å². The third-order valence-corrected chi connectivity index (χ3v) is 15.0. The van der Waals surface area contributed by atoms with Crippen molar-refractivity contribution >= 4 is 29.2 Å². The Balaban J connectivity index is 1.71. The number of carbonyl (C=O) groups is 5. The van der Waals surface area contributed by atoms with Crippen LogP contribution < -0.4 is 0 Å². The number of Topliss-reactive ketones (excluding diaryl/α,β-unsaturated/α-hetero) is 3. The highest BCUT2D eigenvalue weighted by molar-refractivity contribution is 6.39. The highest BCUT2D eigenvalue weighted by Crippen LogP contribution is 2.38. The molecule has 1 amide bonds. The molecule has 3 heterocycles. The quantitative estimate of drug-likeness (QED) is 0.0861. The van der Waals surface area contributed by atoms with E-state index in [2.05, 4.69) is 0 Å². The number of carbonyl (C=O) groups excluding carboxylic acids is 5. The Labute approximate surface area is 416 Å². The second-order valence-corrected chi connectivity index (χ2v) is 20.6. The number of ether oxygens (including phenoxy) is 6. The number of cyclic esters (lactones) is 1. The lowest BCUT2D eigenvalue weighted by molar-refractivity contribution is -0.266. The van der Waals surface area contributed by atoms with Gasteiger partial charge >= 0.3 is 5.97 Å². The number of piperidine rings is 1. The molecule has 4 aliphatic rings. The van der Waals surface area contributed by atoms with Crippen molar-refractivity contribution in [3.05, 3.63) is 47.6 Å². The molecule has 0 aromatic rings. The van der Waals surface area contributed by atoms with Gasteiger partial charge in [0.1, 0.15) is 30.1 Å². The molecule has 0 unspecified atom stereocenters. The van der Waals surface area contributed by atoms with Gasteiger partial charge in [-0.3, -0.25) is 19.2 Å². The highest BCUT2D eigenvalue weighted by atomic mass is 16.6. The Morgan fingerprint density at radius 2 is 1.60 bits per heavy atom. The normalized spacial score (nSPS) is 36.0. The van der Waals surface area contributed by atoms with E-state index in [1.807, 2.05) is 51.2 Å². The van der Waals surface area contributed by atoms with Crippen molar-refractivity contribution in [2.75, 3.05) is 47.2 Å². The zero-order valence-corrected chi connectivity index (χ0v) is 43.3. The first-order valence-corrected chi connectivity index (χ1v) is 25.7. The number of rotatable bonds is 11. The SMILES string of the molecule is CO[C@@H]1C[C@H](C[C@@H](C)[C@@H]2CC(=O)[C@H](C)C=C(C)[C@@H](O)[C@@H](OC)C(=O)[C@H](C)C[C@H](C)C=CC=CC=C(C)[C@@H](OCCOCCO)C[C@@H]3CC[C@@H](C)[C@@](O)(O3)C(=O)C(=O)N3CCCC[C@H]3C(=O)O2)CC[C@H]1O. The first kappa shape index (κ1) is 59.1. The first-order valence-electron chi connectivity index (χ1n) is 25.7. The smallest absolute Gasteiger partial charge is 0.329 e. The molecule has 396 valence electrons. The second-order valence-electron chi connectivity index (χ2n) is 20.6. The fourth-order valence-electron chi connectivity index (χ4n) is 10.4. The fraction of sp³-hybridized carbons (Fsp3) is 0.759. The minimum atomic E-state index is -2.49. The summed E-state index contributed by atoms with van der Waals surface area (Å²) in [5.74, 6) is -8.28.